The van der Waals surface area contributed by atoms with Gasteiger partial charge in [0.25, 0.3) is 0 Å². The molecule has 0 aliphatic rings. The van der Waals surface area contributed by atoms with Gasteiger partial charge in [-0.15, -0.1) is 0 Å². The molecule has 0 saturated carbocycles. The summed E-state index contributed by atoms with van der Waals surface area (Å²) >= 11 is 0. The molecule has 0 heterocycles. The molecular formula is C18H32N4. The van der Waals surface area contributed by atoms with Crippen molar-refractivity contribution in [3.05, 3.63) is 35.9 Å². The molecule has 0 bridgehead atoms. The second-order valence-corrected chi connectivity index (χ2v) is 6.63. The summed E-state index contributed by atoms with van der Waals surface area (Å²) in [6.07, 6.45) is 0. The lowest BCUT2D eigenvalue weighted by Gasteiger charge is -2.21. The van der Waals surface area contributed by atoms with Crippen LogP contribution in [0.25, 0.3) is 0 Å². The van der Waals surface area contributed by atoms with Crippen LogP contribution in [0, 0.1) is 0 Å². The fraction of sp³-hybridized carbons (Fsp3) is 0.611. The lowest BCUT2D eigenvalue weighted by Crippen LogP contribution is -2.44. The first kappa shape index (κ1) is 18.5. The Morgan fingerprint density at radius 1 is 1.09 bits per heavy atom. The molecule has 1 aromatic carbocycles. The number of hydrogen-bond donors (Lipinski definition) is 3. The summed E-state index contributed by atoms with van der Waals surface area (Å²) in [6, 6.07) is 10.5. The van der Waals surface area contributed by atoms with Crippen LogP contribution in [0.1, 0.15) is 46.1 Å². The number of guanidine groups is 1. The van der Waals surface area contributed by atoms with Crippen molar-refractivity contribution >= 4 is 5.96 Å². The summed E-state index contributed by atoms with van der Waals surface area (Å²) in [5.74, 6) is 1.31. The lowest BCUT2D eigenvalue weighted by molar-refractivity contribution is 0.428. The molecule has 0 aliphatic heterocycles. The van der Waals surface area contributed by atoms with Crippen LogP contribution >= 0.6 is 0 Å². The molecule has 1 unspecified atom stereocenters. The SMILES string of the molecule is CCNC(=NCC(C)c1ccccc1)NCCNC(C)(C)C. The summed E-state index contributed by atoms with van der Waals surface area (Å²) < 4.78 is 0. The summed E-state index contributed by atoms with van der Waals surface area (Å²) in [5, 5.41) is 10.1. The molecule has 0 fully saturated rings. The van der Waals surface area contributed by atoms with E-state index in [-0.39, 0.29) is 5.54 Å². The van der Waals surface area contributed by atoms with Crippen molar-refractivity contribution in [2.24, 2.45) is 4.99 Å². The van der Waals surface area contributed by atoms with Crippen LogP contribution in [0.15, 0.2) is 35.3 Å². The fourth-order valence-corrected chi connectivity index (χ4v) is 2.08. The number of aliphatic imine (C=N–C) groups is 1. The molecule has 1 atom stereocenters. The summed E-state index contributed by atoms with van der Waals surface area (Å²) in [7, 11) is 0. The highest BCUT2D eigenvalue weighted by molar-refractivity contribution is 5.79. The van der Waals surface area contributed by atoms with Crippen LogP contribution in [0.5, 0.6) is 0 Å². The van der Waals surface area contributed by atoms with E-state index in [9.17, 15) is 0 Å². The Labute approximate surface area is 135 Å². The van der Waals surface area contributed by atoms with E-state index in [2.05, 4.69) is 74.8 Å². The van der Waals surface area contributed by atoms with E-state index in [4.69, 9.17) is 4.99 Å². The molecular weight excluding hydrogens is 272 g/mol. The average Bonchev–Trinajstić information content (AvgIpc) is 2.48. The molecule has 22 heavy (non-hydrogen) atoms. The standard InChI is InChI=1S/C18H32N4/c1-6-19-17(20-12-13-22-18(3,4)5)21-14-15(2)16-10-8-7-9-11-16/h7-11,15,22H,6,12-14H2,1-5H3,(H2,19,20,21). The zero-order valence-electron chi connectivity index (χ0n) is 14.7. The van der Waals surface area contributed by atoms with Crippen LogP contribution < -0.4 is 16.0 Å². The Kier molecular flexibility index (Phi) is 7.96. The number of rotatable bonds is 7. The maximum atomic E-state index is 4.69. The Balaban J connectivity index is 2.44. The van der Waals surface area contributed by atoms with E-state index in [0.29, 0.717) is 5.92 Å². The fourth-order valence-electron chi connectivity index (χ4n) is 2.08. The van der Waals surface area contributed by atoms with Crippen LogP contribution in [0.2, 0.25) is 0 Å². The zero-order valence-corrected chi connectivity index (χ0v) is 14.7. The van der Waals surface area contributed by atoms with Gasteiger partial charge < -0.3 is 16.0 Å². The normalized spacial score (nSPS) is 13.8. The van der Waals surface area contributed by atoms with Crippen LogP contribution in [0.3, 0.4) is 0 Å². The van der Waals surface area contributed by atoms with Gasteiger partial charge in [0.2, 0.25) is 0 Å². The third kappa shape index (κ3) is 8.03. The van der Waals surface area contributed by atoms with E-state index in [1.807, 2.05) is 6.07 Å². The first-order valence-electron chi connectivity index (χ1n) is 8.24. The summed E-state index contributed by atoms with van der Waals surface area (Å²) in [5.41, 5.74) is 1.48. The van der Waals surface area contributed by atoms with Gasteiger partial charge in [0, 0.05) is 37.6 Å². The molecule has 3 N–H and O–H groups in total. The third-order valence-corrected chi connectivity index (χ3v) is 3.31. The third-order valence-electron chi connectivity index (χ3n) is 3.31. The van der Waals surface area contributed by atoms with Crippen LogP contribution in [-0.2, 0) is 0 Å². The second kappa shape index (κ2) is 9.46. The van der Waals surface area contributed by atoms with Crippen molar-refractivity contribution < 1.29 is 0 Å². The molecule has 0 radical (unpaired) electrons. The zero-order chi connectivity index (χ0) is 16.4. The molecule has 0 spiro atoms. The Morgan fingerprint density at radius 2 is 1.77 bits per heavy atom. The highest BCUT2D eigenvalue weighted by Crippen LogP contribution is 2.14. The van der Waals surface area contributed by atoms with Crippen molar-refractivity contribution in [1.82, 2.24) is 16.0 Å². The maximum absolute atomic E-state index is 4.69. The number of nitrogens with zero attached hydrogens (tertiary/aromatic N) is 1. The van der Waals surface area contributed by atoms with Crippen molar-refractivity contribution in [2.75, 3.05) is 26.2 Å². The Bertz CT molecular complexity index is 434. The number of nitrogens with one attached hydrogen (secondary N) is 3. The second-order valence-electron chi connectivity index (χ2n) is 6.63. The van der Waals surface area contributed by atoms with E-state index in [0.717, 1.165) is 32.1 Å². The quantitative estimate of drug-likeness (QED) is 0.412. The predicted molar refractivity (Wildman–Crippen MR) is 96.6 cm³/mol. The minimum atomic E-state index is 0.152. The molecule has 4 nitrogen and oxygen atoms in total. The number of benzene rings is 1. The van der Waals surface area contributed by atoms with E-state index < -0.39 is 0 Å². The van der Waals surface area contributed by atoms with Gasteiger partial charge in [-0.2, -0.15) is 0 Å². The van der Waals surface area contributed by atoms with Gasteiger partial charge in [0.1, 0.15) is 0 Å². The predicted octanol–water partition coefficient (Wildman–Crippen LogP) is 2.73. The number of hydrogen-bond acceptors (Lipinski definition) is 2. The molecule has 1 aromatic rings. The molecule has 0 aromatic heterocycles. The monoisotopic (exact) mass is 304 g/mol. The minimum absolute atomic E-state index is 0.152. The van der Waals surface area contributed by atoms with E-state index >= 15 is 0 Å². The largest absolute Gasteiger partial charge is 0.357 e. The van der Waals surface area contributed by atoms with Crippen LogP contribution in [0.4, 0.5) is 0 Å². The molecule has 0 amide bonds. The molecule has 1 rings (SSSR count). The highest BCUT2D eigenvalue weighted by atomic mass is 15.2. The first-order valence-corrected chi connectivity index (χ1v) is 8.24. The van der Waals surface area contributed by atoms with Gasteiger partial charge in [-0.1, -0.05) is 37.3 Å². The van der Waals surface area contributed by atoms with Gasteiger partial charge in [-0.3, -0.25) is 4.99 Å². The topological polar surface area (TPSA) is 48.5 Å². The van der Waals surface area contributed by atoms with Crippen LogP contribution in [-0.4, -0.2) is 37.7 Å². The Hall–Kier alpha value is -1.55. The van der Waals surface area contributed by atoms with Crippen molar-refractivity contribution in [1.29, 1.82) is 0 Å². The molecule has 124 valence electrons. The van der Waals surface area contributed by atoms with Gasteiger partial charge in [-0.05, 0) is 33.3 Å². The molecule has 4 heteroatoms. The highest BCUT2D eigenvalue weighted by Gasteiger charge is 2.08. The van der Waals surface area contributed by atoms with E-state index in [1.165, 1.54) is 5.56 Å². The van der Waals surface area contributed by atoms with Crippen molar-refractivity contribution in [3.8, 4) is 0 Å². The molecule has 0 aliphatic carbocycles. The maximum Gasteiger partial charge on any atom is 0.191 e. The lowest BCUT2D eigenvalue weighted by atomic mass is 10.0. The first-order chi connectivity index (χ1) is 10.4. The molecule has 0 saturated heterocycles. The summed E-state index contributed by atoms with van der Waals surface area (Å²) in [6.45, 7) is 14.3. The van der Waals surface area contributed by atoms with Crippen molar-refractivity contribution in [3.63, 3.8) is 0 Å². The van der Waals surface area contributed by atoms with Crippen molar-refractivity contribution in [2.45, 2.75) is 46.1 Å². The van der Waals surface area contributed by atoms with Gasteiger partial charge in [0.15, 0.2) is 5.96 Å². The summed E-state index contributed by atoms with van der Waals surface area (Å²) in [4.78, 5) is 4.69. The minimum Gasteiger partial charge on any atom is -0.357 e. The van der Waals surface area contributed by atoms with Gasteiger partial charge in [0.05, 0.1) is 0 Å². The Morgan fingerprint density at radius 3 is 2.36 bits per heavy atom. The van der Waals surface area contributed by atoms with E-state index in [1.54, 1.807) is 0 Å². The van der Waals surface area contributed by atoms with Gasteiger partial charge >= 0.3 is 0 Å². The average molecular weight is 304 g/mol. The smallest absolute Gasteiger partial charge is 0.191 e. The van der Waals surface area contributed by atoms with Gasteiger partial charge in [-0.25, -0.2) is 0 Å².